The third kappa shape index (κ3) is 5.12. The van der Waals surface area contributed by atoms with Gasteiger partial charge < -0.3 is 15.5 Å². The van der Waals surface area contributed by atoms with Gasteiger partial charge >= 0.3 is 6.03 Å². The van der Waals surface area contributed by atoms with Crippen LogP contribution in [0.4, 0.5) is 16.2 Å². The van der Waals surface area contributed by atoms with E-state index in [4.69, 9.17) is 5.26 Å². The van der Waals surface area contributed by atoms with E-state index in [0.29, 0.717) is 6.04 Å². The fourth-order valence-electron chi connectivity index (χ4n) is 3.80. The lowest BCUT2D eigenvalue weighted by molar-refractivity contribution is 0.214. The number of urea groups is 1. The molecular weight excluding hydrogens is 312 g/mol. The molecule has 2 amide bonds. The SMILES string of the molecule is N#C[C@@H]1CCC[C@@H](Nc2ccc(NC(=O)N3CCCCCC3)cc2)C1. The Bertz CT molecular complexity index is 599. The van der Waals surface area contributed by atoms with Crippen LogP contribution in [0.1, 0.15) is 51.4 Å². The fourth-order valence-corrected chi connectivity index (χ4v) is 3.80. The van der Waals surface area contributed by atoms with E-state index in [1.807, 2.05) is 29.2 Å². The minimum atomic E-state index is 0.00625. The number of carbonyl (C=O) groups is 1. The second kappa shape index (κ2) is 8.75. The van der Waals surface area contributed by atoms with E-state index >= 15 is 0 Å². The minimum Gasteiger partial charge on any atom is -0.382 e. The van der Waals surface area contributed by atoms with E-state index in [1.54, 1.807) is 0 Å². The van der Waals surface area contributed by atoms with Gasteiger partial charge in [0, 0.05) is 36.4 Å². The Kier molecular flexibility index (Phi) is 6.16. The molecule has 2 atom stereocenters. The number of rotatable bonds is 3. The molecule has 2 aliphatic rings. The Morgan fingerprint density at radius 1 is 1.00 bits per heavy atom. The van der Waals surface area contributed by atoms with Gasteiger partial charge in [0.1, 0.15) is 0 Å². The quantitative estimate of drug-likeness (QED) is 0.845. The zero-order valence-electron chi connectivity index (χ0n) is 14.8. The number of likely N-dealkylation sites (tertiary alicyclic amines) is 1. The number of hydrogen-bond acceptors (Lipinski definition) is 3. The van der Waals surface area contributed by atoms with Crippen LogP contribution < -0.4 is 10.6 Å². The van der Waals surface area contributed by atoms with Crippen molar-refractivity contribution in [1.82, 2.24) is 4.90 Å². The standard InChI is InChI=1S/C20H28N4O/c21-15-16-6-5-7-19(14-16)22-17-8-10-18(11-9-17)23-20(25)24-12-3-1-2-4-13-24/h8-11,16,19,22H,1-7,12-14H2,(H,23,25)/t16-,19-/m1/s1. The number of carbonyl (C=O) groups excluding carboxylic acids is 1. The third-order valence-corrected chi connectivity index (χ3v) is 5.26. The van der Waals surface area contributed by atoms with Crippen LogP contribution in [-0.2, 0) is 0 Å². The summed E-state index contributed by atoms with van der Waals surface area (Å²) in [5.41, 5.74) is 1.88. The summed E-state index contributed by atoms with van der Waals surface area (Å²) in [5.74, 6) is 0.179. The maximum atomic E-state index is 12.4. The maximum absolute atomic E-state index is 12.4. The second-order valence-electron chi connectivity index (χ2n) is 7.24. The lowest BCUT2D eigenvalue weighted by atomic mass is 9.86. The van der Waals surface area contributed by atoms with Crippen LogP contribution in [0.2, 0.25) is 0 Å². The monoisotopic (exact) mass is 340 g/mol. The maximum Gasteiger partial charge on any atom is 0.321 e. The number of nitriles is 1. The summed E-state index contributed by atoms with van der Waals surface area (Å²) < 4.78 is 0. The fraction of sp³-hybridized carbons (Fsp3) is 0.600. The molecule has 1 saturated heterocycles. The van der Waals surface area contributed by atoms with Crippen molar-refractivity contribution in [2.45, 2.75) is 57.4 Å². The molecule has 0 unspecified atom stereocenters. The summed E-state index contributed by atoms with van der Waals surface area (Å²) in [5, 5.41) is 15.6. The van der Waals surface area contributed by atoms with Crippen molar-refractivity contribution in [3.8, 4) is 6.07 Å². The zero-order chi connectivity index (χ0) is 17.5. The summed E-state index contributed by atoms with van der Waals surface area (Å²) in [4.78, 5) is 14.3. The number of amides is 2. The first-order chi connectivity index (χ1) is 12.2. The van der Waals surface area contributed by atoms with Crippen molar-refractivity contribution in [3.05, 3.63) is 24.3 Å². The highest BCUT2D eigenvalue weighted by molar-refractivity contribution is 5.89. The van der Waals surface area contributed by atoms with Crippen LogP contribution in [0, 0.1) is 17.2 Å². The average Bonchev–Trinajstić information content (AvgIpc) is 2.93. The van der Waals surface area contributed by atoms with E-state index in [0.717, 1.165) is 63.0 Å². The van der Waals surface area contributed by atoms with Gasteiger partial charge in [-0.15, -0.1) is 0 Å². The normalized spacial score (nSPS) is 24.0. The first-order valence-corrected chi connectivity index (χ1v) is 9.57. The van der Waals surface area contributed by atoms with Crippen molar-refractivity contribution in [3.63, 3.8) is 0 Å². The van der Waals surface area contributed by atoms with E-state index in [-0.39, 0.29) is 11.9 Å². The Labute approximate surface area is 150 Å². The zero-order valence-corrected chi connectivity index (χ0v) is 14.8. The summed E-state index contributed by atoms with van der Waals surface area (Å²) >= 11 is 0. The molecule has 0 spiro atoms. The van der Waals surface area contributed by atoms with Crippen LogP contribution in [0.5, 0.6) is 0 Å². The van der Waals surface area contributed by atoms with Crippen LogP contribution in [0.3, 0.4) is 0 Å². The molecule has 0 aromatic heterocycles. The molecule has 1 aromatic carbocycles. The number of nitrogens with one attached hydrogen (secondary N) is 2. The molecule has 1 aliphatic carbocycles. The van der Waals surface area contributed by atoms with E-state index in [9.17, 15) is 4.79 Å². The van der Waals surface area contributed by atoms with Gasteiger partial charge in [-0.1, -0.05) is 19.3 Å². The molecular formula is C20H28N4O. The van der Waals surface area contributed by atoms with E-state index < -0.39 is 0 Å². The summed E-state index contributed by atoms with van der Waals surface area (Å²) in [6.45, 7) is 1.71. The van der Waals surface area contributed by atoms with Crippen LogP contribution in [-0.4, -0.2) is 30.1 Å². The molecule has 1 aliphatic heterocycles. The molecule has 0 bridgehead atoms. The second-order valence-corrected chi connectivity index (χ2v) is 7.24. The number of anilines is 2. The molecule has 2 N–H and O–H groups in total. The third-order valence-electron chi connectivity index (χ3n) is 5.26. The molecule has 0 radical (unpaired) electrons. The highest BCUT2D eigenvalue weighted by atomic mass is 16.2. The highest BCUT2D eigenvalue weighted by Gasteiger charge is 2.21. The van der Waals surface area contributed by atoms with Crippen LogP contribution in [0.25, 0.3) is 0 Å². The predicted molar refractivity (Wildman–Crippen MR) is 100 cm³/mol. The Balaban J connectivity index is 1.51. The Morgan fingerprint density at radius 2 is 1.68 bits per heavy atom. The predicted octanol–water partition coefficient (Wildman–Crippen LogP) is 4.59. The van der Waals surface area contributed by atoms with Gasteiger partial charge in [0.25, 0.3) is 0 Å². The summed E-state index contributed by atoms with van der Waals surface area (Å²) in [6.07, 6.45) is 8.81. The molecule has 2 fully saturated rings. The van der Waals surface area contributed by atoms with Crippen molar-refractivity contribution in [2.75, 3.05) is 23.7 Å². The largest absolute Gasteiger partial charge is 0.382 e. The first kappa shape index (κ1) is 17.6. The van der Waals surface area contributed by atoms with E-state index in [2.05, 4.69) is 16.7 Å². The van der Waals surface area contributed by atoms with Crippen molar-refractivity contribution in [1.29, 1.82) is 5.26 Å². The van der Waals surface area contributed by atoms with Gasteiger partial charge in [-0.05, 0) is 56.4 Å². The minimum absolute atomic E-state index is 0.00625. The van der Waals surface area contributed by atoms with Crippen LogP contribution >= 0.6 is 0 Å². The molecule has 5 nitrogen and oxygen atoms in total. The molecule has 5 heteroatoms. The molecule has 134 valence electrons. The average molecular weight is 340 g/mol. The van der Waals surface area contributed by atoms with Gasteiger partial charge in [0.2, 0.25) is 0 Å². The Hall–Kier alpha value is -2.22. The first-order valence-electron chi connectivity index (χ1n) is 9.57. The molecule has 1 saturated carbocycles. The lowest BCUT2D eigenvalue weighted by Crippen LogP contribution is -2.35. The molecule has 1 heterocycles. The number of nitrogens with zero attached hydrogens (tertiary/aromatic N) is 2. The van der Waals surface area contributed by atoms with Crippen molar-refractivity contribution >= 4 is 17.4 Å². The number of benzene rings is 1. The van der Waals surface area contributed by atoms with Gasteiger partial charge in [-0.2, -0.15) is 5.26 Å². The van der Waals surface area contributed by atoms with Crippen LogP contribution in [0.15, 0.2) is 24.3 Å². The molecule has 1 aromatic rings. The molecule has 3 rings (SSSR count). The van der Waals surface area contributed by atoms with Gasteiger partial charge in [0.15, 0.2) is 0 Å². The van der Waals surface area contributed by atoms with Gasteiger partial charge in [0.05, 0.1) is 6.07 Å². The van der Waals surface area contributed by atoms with E-state index in [1.165, 1.54) is 12.8 Å². The smallest absolute Gasteiger partial charge is 0.321 e. The lowest BCUT2D eigenvalue weighted by Gasteiger charge is -2.27. The number of hydrogen-bond donors (Lipinski definition) is 2. The molecule has 25 heavy (non-hydrogen) atoms. The van der Waals surface area contributed by atoms with Gasteiger partial charge in [-0.25, -0.2) is 4.79 Å². The summed E-state index contributed by atoms with van der Waals surface area (Å²) in [6, 6.07) is 10.7. The summed E-state index contributed by atoms with van der Waals surface area (Å²) in [7, 11) is 0. The highest BCUT2D eigenvalue weighted by Crippen LogP contribution is 2.26. The van der Waals surface area contributed by atoms with Crippen molar-refractivity contribution < 1.29 is 4.79 Å². The van der Waals surface area contributed by atoms with Crippen molar-refractivity contribution in [2.24, 2.45) is 5.92 Å². The topological polar surface area (TPSA) is 68.2 Å². The Morgan fingerprint density at radius 3 is 2.36 bits per heavy atom. The van der Waals surface area contributed by atoms with Gasteiger partial charge in [-0.3, -0.25) is 0 Å².